The first-order chi connectivity index (χ1) is 14.8. The van der Waals surface area contributed by atoms with Crippen molar-refractivity contribution in [1.29, 1.82) is 0 Å². The number of fused-ring (bicyclic) bond motifs is 1. The molecule has 0 spiro atoms. The molecular formula is C22H25N5O4. The highest BCUT2D eigenvalue weighted by atomic mass is 16.2. The Labute approximate surface area is 178 Å². The van der Waals surface area contributed by atoms with E-state index in [0.717, 1.165) is 4.57 Å². The molecule has 9 nitrogen and oxygen atoms in total. The molecule has 0 saturated heterocycles. The number of Topliss-reactive ketones (excluding diaryl/α,β-unsaturated/α-hetero) is 1. The third-order valence-corrected chi connectivity index (χ3v) is 4.95. The number of nitrogens with zero attached hydrogens (tertiary/aromatic N) is 4. The van der Waals surface area contributed by atoms with Gasteiger partial charge in [-0.15, -0.1) is 0 Å². The van der Waals surface area contributed by atoms with Crippen LogP contribution in [0, 0.1) is 5.92 Å². The Hall–Kier alpha value is -3.75. The number of carbonyl (C=O) groups is 2. The number of allylic oxidation sites excluding steroid dienone is 2. The Bertz CT molecular complexity index is 1290. The van der Waals surface area contributed by atoms with Crippen molar-refractivity contribution in [3.05, 3.63) is 69.1 Å². The van der Waals surface area contributed by atoms with Gasteiger partial charge in [0.25, 0.3) is 5.56 Å². The van der Waals surface area contributed by atoms with Crippen molar-refractivity contribution in [3.8, 4) is 0 Å². The fourth-order valence-electron chi connectivity index (χ4n) is 3.16. The molecule has 0 saturated carbocycles. The minimum Gasteiger partial charge on any atom is -0.325 e. The largest absolute Gasteiger partial charge is 0.332 e. The first-order valence-electron chi connectivity index (χ1n) is 9.95. The molecule has 9 heteroatoms. The first kappa shape index (κ1) is 21.9. The van der Waals surface area contributed by atoms with Crippen LogP contribution >= 0.6 is 0 Å². The number of aromatic nitrogens is 4. The Morgan fingerprint density at radius 2 is 1.90 bits per heavy atom. The standard InChI is InChI=1S/C22H25N5O4/c1-5-6-11-26-13-23-19-18(26)21(30)27(22(31)25(19)4)12-17(28)15-9-7-8-10-16(15)24-20(29)14(2)3/h5-10,13-14H,11-12H2,1-4H3,(H,24,29)/b6-5+. The average molecular weight is 423 g/mol. The lowest BCUT2D eigenvalue weighted by molar-refractivity contribution is -0.118. The summed E-state index contributed by atoms with van der Waals surface area (Å²) in [7, 11) is 1.51. The van der Waals surface area contributed by atoms with E-state index in [1.165, 1.54) is 17.9 Å². The second-order valence-electron chi connectivity index (χ2n) is 7.48. The number of aryl methyl sites for hydroxylation is 1. The monoisotopic (exact) mass is 423 g/mol. The van der Waals surface area contributed by atoms with Crippen LogP contribution in [0.15, 0.2) is 52.3 Å². The van der Waals surface area contributed by atoms with Crippen molar-refractivity contribution in [1.82, 2.24) is 18.7 Å². The molecule has 2 heterocycles. The molecular weight excluding hydrogens is 398 g/mol. The molecule has 0 aliphatic carbocycles. The highest BCUT2D eigenvalue weighted by Gasteiger charge is 2.20. The number of carbonyl (C=O) groups excluding carboxylic acids is 2. The van der Waals surface area contributed by atoms with E-state index in [2.05, 4.69) is 10.3 Å². The summed E-state index contributed by atoms with van der Waals surface area (Å²) in [6.45, 7) is 5.31. The van der Waals surface area contributed by atoms with E-state index in [0.29, 0.717) is 12.2 Å². The van der Waals surface area contributed by atoms with Gasteiger partial charge in [-0.3, -0.25) is 23.5 Å². The molecule has 0 atom stereocenters. The maximum Gasteiger partial charge on any atom is 0.332 e. The SMILES string of the molecule is C/C=C/Cn1cnc2c1c(=O)n(CC(=O)c1ccccc1NC(=O)C(C)C)c(=O)n2C. The lowest BCUT2D eigenvalue weighted by Gasteiger charge is -2.13. The lowest BCUT2D eigenvalue weighted by atomic mass is 10.1. The number of benzene rings is 1. The summed E-state index contributed by atoms with van der Waals surface area (Å²) >= 11 is 0. The number of hydrogen-bond donors (Lipinski definition) is 1. The van der Waals surface area contributed by atoms with Gasteiger partial charge >= 0.3 is 5.69 Å². The van der Waals surface area contributed by atoms with E-state index in [9.17, 15) is 19.2 Å². The third kappa shape index (κ3) is 4.25. The number of anilines is 1. The number of imidazole rings is 1. The zero-order valence-corrected chi connectivity index (χ0v) is 18.0. The maximum absolute atomic E-state index is 13.1. The van der Waals surface area contributed by atoms with Gasteiger partial charge in [-0.1, -0.05) is 38.1 Å². The van der Waals surface area contributed by atoms with Crippen LogP contribution in [0.1, 0.15) is 31.1 Å². The summed E-state index contributed by atoms with van der Waals surface area (Å²) in [4.78, 5) is 55.2. The Kier molecular flexibility index (Phi) is 6.33. The molecule has 0 fully saturated rings. The topological polar surface area (TPSA) is 108 Å². The summed E-state index contributed by atoms with van der Waals surface area (Å²) in [5.74, 6) is -0.960. The van der Waals surface area contributed by atoms with Crippen LogP contribution in [-0.4, -0.2) is 30.4 Å². The van der Waals surface area contributed by atoms with Gasteiger partial charge in [0.05, 0.1) is 18.6 Å². The summed E-state index contributed by atoms with van der Waals surface area (Å²) in [5.41, 5.74) is -0.145. The van der Waals surface area contributed by atoms with Crippen molar-refractivity contribution in [2.24, 2.45) is 13.0 Å². The zero-order chi connectivity index (χ0) is 22.7. The number of hydrogen-bond acceptors (Lipinski definition) is 5. The summed E-state index contributed by atoms with van der Waals surface area (Å²) in [5, 5.41) is 2.72. The van der Waals surface area contributed by atoms with E-state index in [-0.39, 0.29) is 28.6 Å². The summed E-state index contributed by atoms with van der Waals surface area (Å²) < 4.78 is 3.79. The van der Waals surface area contributed by atoms with Crippen molar-refractivity contribution in [3.63, 3.8) is 0 Å². The van der Waals surface area contributed by atoms with Crippen molar-refractivity contribution < 1.29 is 9.59 Å². The molecule has 31 heavy (non-hydrogen) atoms. The maximum atomic E-state index is 13.1. The molecule has 1 amide bonds. The molecule has 0 aliphatic rings. The van der Waals surface area contributed by atoms with Crippen LogP contribution in [0.3, 0.4) is 0 Å². The second kappa shape index (κ2) is 8.95. The van der Waals surface area contributed by atoms with Crippen LogP contribution in [0.4, 0.5) is 5.69 Å². The van der Waals surface area contributed by atoms with Gasteiger partial charge in [0.2, 0.25) is 5.91 Å². The molecule has 2 aromatic heterocycles. The normalized spacial score (nSPS) is 11.5. The number of amides is 1. The lowest BCUT2D eigenvalue weighted by Crippen LogP contribution is -2.41. The van der Waals surface area contributed by atoms with Crippen LogP contribution in [0.2, 0.25) is 0 Å². The fourth-order valence-corrected chi connectivity index (χ4v) is 3.16. The van der Waals surface area contributed by atoms with Crippen LogP contribution in [-0.2, 0) is 24.9 Å². The van der Waals surface area contributed by atoms with Gasteiger partial charge in [0.1, 0.15) is 0 Å². The molecule has 1 N–H and O–H groups in total. The van der Waals surface area contributed by atoms with Gasteiger partial charge in [-0.05, 0) is 19.1 Å². The van der Waals surface area contributed by atoms with Gasteiger partial charge in [-0.25, -0.2) is 9.78 Å². The highest BCUT2D eigenvalue weighted by molar-refractivity contribution is 6.05. The van der Waals surface area contributed by atoms with E-state index in [1.54, 1.807) is 42.7 Å². The summed E-state index contributed by atoms with van der Waals surface area (Å²) in [6, 6.07) is 6.53. The van der Waals surface area contributed by atoms with Crippen LogP contribution < -0.4 is 16.6 Å². The number of para-hydroxylation sites is 1. The van der Waals surface area contributed by atoms with Crippen molar-refractivity contribution >= 4 is 28.5 Å². The van der Waals surface area contributed by atoms with Gasteiger partial charge in [0.15, 0.2) is 16.9 Å². The van der Waals surface area contributed by atoms with Gasteiger partial charge in [0, 0.05) is 25.1 Å². The number of rotatable bonds is 7. The first-order valence-corrected chi connectivity index (χ1v) is 9.95. The zero-order valence-electron chi connectivity index (χ0n) is 18.0. The third-order valence-electron chi connectivity index (χ3n) is 4.95. The molecule has 3 rings (SSSR count). The molecule has 0 aliphatic heterocycles. The van der Waals surface area contributed by atoms with E-state index in [4.69, 9.17) is 0 Å². The molecule has 1 aromatic carbocycles. The minimum absolute atomic E-state index is 0.230. The minimum atomic E-state index is -0.633. The highest BCUT2D eigenvalue weighted by Crippen LogP contribution is 2.17. The average Bonchev–Trinajstić information content (AvgIpc) is 3.18. The van der Waals surface area contributed by atoms with E-state index >= 15 is 0 Å². The predicted molar refractivity (Wildman–Crippen MR) is 118 cm³/mol. The second-order valence-corrected chi connectivity index (χ2v) is 7.48. The Morgan fingerprint density at radius 3 is 2.58 bits per heavy atom. The fraction of sp³-hybridized carbons (Fsp3) is 0.318. The van der Waals surface area contributed by atoms with Crippen LogP contribution in [0.25, 0.3) is 11.2 Å². The number of nitrogens with one attached hydrogen (secondary N) is 1. The Morgan fingerprint density at radius 1 is 1.19 bits per heavy atom. The predicted octanol–water partition coefficient (Wildman–Crippen LogP) is 1.95. The van der Waals surface area contributed by atoms with E-state index in [1.807, 2.05) is 19.1 Å². The summed E-state index contributed by atoms with van der Waals surface area (Å²) in [6.07, 6.45) is 5.20. The van der Waals surface area contributed by atoms with Gasteiger partial charge in [-0.2, -0.15) is 0 Å². The molecule has 0 bridgehead atoms. The molecule has 0 unspecified atom stereocenters. The van der Waals surface area contributed by atoms with Crippen molar-refractivity contribution in [2.75, 3.05) is 5.32 Å². The van der Waals surface area contributed by atoms with E-state index < -0.39 is 23.6 Å². The molecule has 0 radical (unpaired) electrons. The van der Waals surface area contributed by atoms with Crippen molar-refractivity contribution in [2.45, 2.75) is 33.9 Å². The quantitative estimate of drug-likeness (QED) is 0.462. The number of ketones is 1. The molecule has 3 aromatic rings. The van der Waals surface area contributed by atoms with Crippen LogP contribution in [0.5, 0.6) is 0 Å². The molecule has 162 valence electrons. The smallest absolute Gasteiger partial charge is 0.325 e. The Balaban J connectivity index is 2.05. The van der Waals surface area contributed by atoms with Gasteiger partial charge < -0.3 is 9.88 Å².